The molecule has 1 aliphatic rings. The fraction of sp³-hybridized carbons (Fsp3) is 0.476. The van der Waals surface area contributed by atoms with Crippen molar-refractivity contribution in [2.45, 2.75) is 51.7 Å². The second-order valence-corrected chi connectivity index (χ2v) is 8.95. The number of alkyl carbamates (subject to hydrolysis) is 1. The molecule has 3 rings (SSSR count). The van der Waals surface area contributed by atoms with E-state index in [1.165, 1.54) is 0 Å². The zero-order chi connectivity index (χ0) is 20.3. The molecule has 0 unspecified atom stereocenters. The summed E-state index contributed by atoms with van der Waals surface area (Å²) in [5, 5.41) is 3.63. The van der Waals surface area contributed by atoms with Crippen LogP contribution in [-0.2, 0) is 4.74 Å². The molecule has 1 aromatic heterocycles. The minimum Gasteiger partial charge on any atom is -0.444 e. The maximum absolute atomic E-state index is 13.2. The van der Waals surface area contributed by atoms with Crippen LogP contribution in [0.1, 0.15) is 50.4 Å². The fourth-order valence-electron chi connectivity index (χ4n) is 3.52. The molecule has 7 heteroatoms. The van der Waals surface area contributed by atoms with Crippen LogP contribution in [0.25, 0.3) is 10.9 Å². The van der Waals surface area contributed by atoms with Gasteiger partial charge in [-0.2, -0.15) is 0 Å². The number of benzene rings is 1. The number of amides is 2. The molecule has 1 aromatic carbocycles. The van der Waals surface area contributed by atoms with Gasteiger partial charge in [-0.25, -0.2) is 4.79 Å². The van der Waals surface area contributed by atoms with Crippen molar-refractivity contribution in [1.82, 2.24) is 15.2 Å². The Morgan fingerprint density at radius 2 is 2.11 bits per heavy atom. The number of hydrogen-bond donors (Lipinski definition) is 1. The largest absolute Gasteiger partial charge is 0.444 e. The van der Waals surface area contributed by atoms with Gasteiger partial charge in [-0.3, -0.25) is 9.78 Å². The van der Waals surface area contributed by atoms with Gasteiger partial charge in [0, 0.05) is 35.2 Å². The number of pyridine rings is 1. The van der Waals surface area contributed by atoms with Crippen molar-refractivity contribution >= 4 is 38.8 Å². The molecule has 1 N–H and O–H groups in total. The Hall–Kier alpha value is -2.15. The van der Waals surface area contributed by atoms with E-state index in [1.807, 2.05) is 43.9 Å². The van der Waals surface area contributed by atoms with Gasteiger partial charge in [0.05, 0.1) is 11.1 Å². The Morgan fingerprint density at radius 1 is 1.32 bits per heavy atom. The Balaban J connectivity index is 1.67. The van der Waals surface area contributed by atoms with E-state index in [9.17, 15) is 9.59 Å². The third-order valence-corrected chi connectivity index (χ3v) is 5.21. The molecule has 1 atom stereocenters. The number of aromatic nitrogens is 1. The van der Waals surface area contributed by atoms with Crippen molar-refractivity contribution in [3.63, 3.8) is 0 Å². The molecule has 28 heavy (non-hydrogen) atoms. The SMILES string of the molecule is CC(C)(C)OC(=O)NCC[C@H]1CCCN1C(=O)c1ccnc2ccc(Br)cc12. The number of likely N-dealkylation sites (tertiary alicyclic amines) is 1. The first-order valence-corrected chi connectivity index (χ1v) is 10.4. The van der Waals surface area contributed by atoms with Gasteiger partial charge in [0.1, 0.15) is 5.60 Å². The molecule has 2 heterocycles. The number of carbonyl (C=O) groups is 2. The molecule has 0 spiro atoms. The molecule has 1 fully saturated rings. The van der Waals surface area contributed by atoms with Crippen LogP contribution in [0.4, 0.5) is 4.79 Å². The highest BCUT2D eigenvalue weighted by Crippen LogP contribution is 2.27. The van der Waals surface area contributed by atoms with Crippen molar-refractivity contribution < 1.29 is 14.3 Å². The van der Waals surface area contributed by atoms with Crippen LogP contribution in [-0.4, -0.2) is 46.6 Å². The van der Waals surface area contributed by atoms with E-state index >= 15 is 0 Å². The highest BCUT2D eigenvalue weighted by Gasteiger charge is 2.30. The molecular weight excluding hydrogens is 422 g/mol. The molecule has 0 aliphatic carbocycles. The average Bonchev–Trinajstić information content (AvgIpc) is 3.07. The molecule has 2 aromatic rings. The number of rotatable bonds is 4. The minimum atomic E-state index is -0.518. The van der Waals surface area contributed by atoms with Gasteiger partial charge in [-0.05, 0) is 64.3 Å². The highest BCUT2D eigenvalue weighted by atomic mass is 79.9. The van der Waals surface area contributed by atoms with Crippen LogP contribution in [0, 0.1) is 0 Å². The summed E-state index contributed by atoms with van der Waals surface area (Å²) in [6.45, 7) is 6.71. The normalized spacial score (nSPS) is 17.0. The average molecular weight is 448 g/mol. The Morgan fingerprint density at radius 3 is 2.86 bits per heavy atom. The van der Waals surface area contributed by atoms with E-state index in [2.05, 4.69) is 26.2 Å². The van der Waals surface area contributed by atoms with Gasteiger partial charge in [0.2, 0.25) is 0 Å². The summed E-state index contributed by atoms with van der Waals surface area (Å²) >= 11 is 3.47. The van der Waals surface area contributed by atoms with E-state index in [1.54, 1.807) is 12.3 Å². The zero-order valence-corrected chi connectivity index (χ0v) is 18.1. The van der Waals surface area contributed by atoms with Crippen molar-refractivity contribution in [2.24, 2.45) is 0 Å². The number of hydrogen-bond acceptors (Lipinski definition) is 4. The predicted octanol–water partition coefficient (Wildman–Crippen LogP) is 4.52. The van der Waals surface area contributed by atoms with Gasteiger partial charge in [0.15, 0.2) is 0 Å². The second kappa shape index (κ2) is 8.47. The second-order valence-electron chi connectivity index (χ2n) is 8.03. The summed E-state index contributed by atoms with van der Waals surface area (Å²) in [6, 6.07) is 7.65. The van der Waals surface area contributed by atoms with Gasteiger partial charge < -0.3 is 15.0 Å². The van der Waals surface area contributed by atoms with E-state index in [4.69, 9.17) is 4.74 Å². The van der Waals surface area contributed by atoms with Crippen LogP contribution in [0.3, 0.4) is 0 Å². The van der Waals surface area contributed by atoms with Crippen LogP contribution >= 0.6 is 15.9 Å². The summed E-state index contributed by atoms with van der Waals surface area (Å²) in [5.41, 5.74) is 0.950. The fourth-order valence-corrected chi connectivity index (χ4v) is 3.88. The Labute approximate surface area is 173 Å². The molecule has 0 radical (unpaired) electrons. The molecule has 2 amide bonds. The lowest BCUT2D eigenvalue weighted by molar-refractivity contribution is 0.0523. The third kappa shape index (κ3) is 5.01. The Kier molecular flexibility index (Phi) is 6.23. The monoisotopic (exact) mass is 447 g/mol. The number of halogens is 1. The van der Waals surface area contributed by atoms with Crippen LogP contribution in [0.15, 0.2) is 34.9 Å². The lowest BCUT2D eigenvalue weighted by atomic mass is 10.1. The van der Waals surface area contributed by atoms with E-state index in [-0.39, 0.29) is 11.9 Å². The maximum atomic E-state index is 13.2. The lowest BCUT2D eigenvalue weighted by Gasteiger charge is -2.26. The van der Waals surface area contributed by atoms with Gasteiger partial charge in [0.25, 0.3) is 5.91 Å². The summed E-state index contributed by atoms with van der Waals surface area (Å²) in [5.74, 6) is 0.0188. The summed E-state index contributed by atoms with van der Waals surface area (Å²) in [7, 11) is 0. The number of nitrogens with one attached hydrogen (secondary N) is 1. The first-order chi connectivity index (χ1) is 13.2. The number of carbonyl (C=O) groups excluding carboxylic acids is 2. The molecule has 1 saturated heterocycles. The smallest absolute Gasteiger partial charge is 0.407 e. The van der Waals surface area contributed by atoms with Gasteiger partial charge >= 0.3 is 6.09 Å². The number of fused-ring (bicyclic) bond motifs is 1. The Bertz CT molecular complexity index is 879. The first-order valence-electron chi connectivity index (χ1n) is 9.57. The molecular formula is C21H26BrN3O3. The quantitative estimate of drug-likeness (QED) is 0.747. The van der Waals surface area contributed by atoms with Crippen molar-refractivity contribution in [3.8, 4) is 0 Å². The summed E-state index contributed by atoms with van der Waals surface area (Å²) < 4.78 is 6.18. The molecule has 150 valence electrons. The van der Waals surface area contributed by atoms with Gasteiger partial charge in [-0.1, -0.05) is 15.9 Å². The van der Waals surface area contributed by atoms with E-state index < -0.39 is 11.7 Å². The topological polar surface area (TPSA) is 71.5 Å². The molecule has 6 nitrogen and oxygen atoms in total. The highest BCUT2D eigenvalue weighted by molar-refractivity contribution is 9.10. The van der Waals surface area contributed by atoms with Crippen LogP contribution in [0.2, 0.25) is 0 Å². The van der Waals surface area contributed by atoms with Crippen molar-refractivity contribution in [2.75, 3.05) is 13.1 Å². The van der Waals surface area contributed by atoms with Gasteiger partial charge in [-0.15, -0.1) is 0 Å². The van der Waals surface area contributed by atoms with E-state index in [0.29, 0.717) is 18.5 Å². The lowest BCUT2D eigenvalue weighted by Crippen LogP contribution is -2.39. The summed E-state index contributed by atoms with van der Waals surface area (Å²) in [4.78, 5) is 31.3. The standard InChI is InChI=1S/C21H26BrN3O3/c1-21(2,3)28-20(27)24-10-8-15-5-4-12-25(15)19(26)16-9-11-23-18-7-6-14(22)13-17(16)18/h6-7,9,11,13,15H,4-5,8,10,12H2,1-3H3,(H,24,27)/t15-/m1/s1. The number of nitrogens with zero attached hydrogens (tertiary/aromatic N) is 2. The van der Waals surface area contributed by atoms with Crippen molar-refractivity contribution in [1.29, 1.82) is 0 Å². The molecule has 0 bridgehead atoms. The molecule has 0 saturated carbocycles. The zero-order valence-electron chi connectivity index (χ0n) is 16.5. The molecule has 1 aliphatic heterocycles. The van der Waals surface area contributed by atoms with Crippen molar-refractivity contribution in [3.05, 3.63) is 40.5 Å². The van der Waals surface area contributed by atoms with Crippen LogP contribution in [0.5, 0.6) is 0 Å². The third-order valence-electron chi connectivity index (χ3n) is 4.72. The van der Waals surface area contributed by atoms with Crippen LogP contribution < -0.4 is 5.32 Å². The maximum Gasteiger partial charge on any atom is 0.407 e. The van der Waals surface area contributed by atoms with E-state index in [0.717, 1.165) is 34.8 Å². The summed E-state index contributed by atoms with van der Waals surface area (Å²) in [6.07, 6.45) is 3.87. The minimum absolute atomic E-state index is 0.0188. The first kappa shape index (κ1) is 20.6. The predicted molar refractivity (Wildman–Crippen MR) is 112 cm³/mol. The number of ether oxygens (including phenoxy) is 1.